The van der Waals surface area contributed by atoms with Crippen LogP contribution in [0.4, 0.5) is 4.79 Å². The highest BCUT2D eigenvalue weighted by Crippen LogP contribution is 2.44. The maximum Gasteiger partial charge on any atom is 0.407 e. The van der Waals surface area contributed by atoms with E-state index in [0.29, 0.717) is 12.5 Å². The van der Waals surface area contributed by atoms with Crippen LogP contribution in [0.1, 0.15) is 49.1 Å². The fraction of sp³-hybridized carbons (Fsp3) is 0.423. The largest absolute Gasteiger partial charge is 0.480 e. The molecule has 174 valence electrons. The number of hydrogen-bond donors (Lipinski definition) is 3. The van der Waals surface area contributed by atoms with E-state index in [0.717, 1.165) is 36.8 Å². The molecule has 0 radical (unpaired) electrons. The topological polar surface area (TPSA) is 105 Å². The van der Waals surface area contributed by atoms with Gasteiger partial charge in [0.15, 0.2) is 0 Å². The lowest BCUT2D eigenvalue weighted by Crippen LogP contribution is -2.37. The van der Waals surface area contributed by atoms with Crippen LogP contribution >= 0.6 is 0 Å². The first kappa shape index (κ1) is 22.8. The fourth-order valence-corrected chi connectivity index (χ4v) is 5.18. The molecule has 1 atom stereocenters. The monoisotopic (exact) mass is 450 g/mol. The molecule has 7 heteroatoms. The van der Waals surface area contributed by atoms with E-state index in [4.69, 9.17) is 9.84 Å². The van der Waals surface area contributed by atoms with Crippen molar-refractivity contribution >= 4 is 18.0 Å². The zero-order valence-electron chi connectivity index (χ0n) is 18.6. The maximum absolute atomic E-state index is 12.5. The molecule has 0 bridgehead atoms. The Morgan fingerprint density at radius 3 is 2.15 bits per heavy atom. The van der Waals surface area contributed by atoms with Crippen molar-refractivity contribution in [3.05, 3.63) is 59.7 Å². The lowest BCUT2D eigenvalue weighted by Gasteiger charge is -2.23. The molecule has 0 spiro atoms. The Bertz CT molecular complexity index is 970. The Hall–Kier alpha value is -3.35. The van der Waals surface area contributed by atoms with Gasteiger partial charge in [0.1, 0.15) is 13.2 Å². The van der Waals surface area contributed by atoms with Gasteiger partial charge in [-0.25, -0.2) is 4.79 Å². The molecule has 2 aromatic carbocycles. The number of benzene rings is 2. The number of carbonyl (C=O) groups excluding carboxylic acids is 2. The summed E-state index contributed by atoms with van der Waals surface area (Å²) in [6.07, 6.45) is 3.96. The number of fused-ring (bicyclic) bond motifs is 3. The minimum Gasteiger partial charge on any atom is -0.480 e. The van der Waals surface area contributed by atoms with Crippen LogP contribution in [0, 0.1) is 11.8 Å². The summed E-state index contributed by atoms with van der Waals surface area (Å²) in [7, 11) is 0. The molecule has 0 aromatic heterocycles. The van der Waals surface area contributed by atoms with Gasteiger partial charge in [-0.2, -0.15) is 0 Å². The van der Waals surface area contributed by atoms with Crippen molar-refractivity contribution in [3.63, 3.8) is 0 Å². The first-order chi connectivity index (χ1) is 16.0. The minimum atomic E-state index is -1.07. The molecule has 2 aliphatic carbocycles. The second-order valence-electron chi connectivity index (χ2n) is 8.89. The third kappa shape index (κ3) is 5.53. The molecule has 33 heavy (non-hydrogen) atoms. The summed E-state index contributed by atoms with van der Waals surface area (Å²) >= 11 is 0. The lowest BCUT2D eigenvalue weighted by atomic mass is 9.87. The number of nitrogens with one attached hydrogen (secondary N) is 2. The molecule has 1 saturated carbocycles. The molecule has 2 aromatic rings. The highest BCUT2D eigenvalue weighted by molar-refractivity contribution is 5.81. The number of rotatable bonds is 9. The zero-order valence-corrected chi connectivity index (χ0v) is 18.6. The average Bonchev–Trinajstić information content (AvgIpc) is 3.46. The molecule has 1 unspecified atom stereocenters. The highest BCUT2D eigenvalue weighted by atomic mass is 16.5. The third-order valence-electron chi connectivity index (χ3n) is 6.80. The third-order valence-corrected chi connectivity index (χ3v) is 6.80. The highest BCUT2D eigenvalue weighted by Gasteiger charge is 2.30. The summed E-state index contributed by atoms with van der Waals surface area (Å²) in [4.78, 5) is 35.4. The van der Waals surface area contributed by atoms with Gasteiger partial charge in [-0.3, -0.25) is 9.59 Å². The standard InChI is InChI=1S/C26H30N2O5/c29-24(27-15-25(30)31)13-18(17-7-1-2-8-17)14-28-26(32)33-16-23-21-11-5-3-9-19(21)20-10-4-6-12-22(20)23/h3-6,9-12,17-18,23H,1-2,7-8,13-16H2,(H,27,29)(H,28,32)(H,30,31). The summed E-state index contributed by atoms with van der Waals surface area (Å²) in [5.41, 5.74) is 4.67. The van der Waals surface area contributed by atoms with Crippen molar-refractivity contribution in [3.8, 4) is 11.1 Å². The fourth-order valence-electron chi connectivity index (χ4n) is 5.18. The number of amides is 2. The average molecular weight is 451 g/mol. The first-order valence-corrected chi connectivity index (χ1v) is 11.6. The minimum absolute atomic E-state index is 0.00410. The van der Waals surface area contributed by atoms with Crippen LogP contribution in [0.15, 0.2) is 48.5 Å². The molecule has 4 rings (SSSR count). The summed E-state index contributed by atoms with van der Waals surface area (Å²) < 4.78 is 5.61. The molecule has 0 heterocycles. The molecule has 0 saturated heterocycles. The van der Waals surface area contributed by atoms with E-state index in [1.54, 1.807) is 0 Å². The van der Waals surface area contributed by atoms with Crippen LogP contribution in [-0.2, 0) is 14.3 Å². The van der Waals surface area contributed by atoms with Crippen molar-refractivity contribution in [1.29, 1.82) is 0 Å². The van der Waals surface area contributed by atoms with Crippen LogP contribution in [-0.4, -0.2) is 42.8 Å². The first-order valence-electron chi connectivity index (χ1n) is 11.6. The van der Waals surface area contributed by atoms with E-state index in [1.165, 1.54) is 11.1 Å². The summed E-state index contributed by atoms with van der Waals surface area (Å²) in [5.74, 6) is -1.08. The lowest BCUT2D eigenvalue weighted by molar-refractivity contribution is -0.138. The van der Waals surface area contributed by atoms with Crippen LogP contribution in [0.5, 0.6) is 0 Å². The van der Waals surface area contributed by atoms with Gasteiger partial charge in [0.25, 0.3) is 0 Å². The van der Waals surface area contributed by atoms with Gasteiger partial charge in [-0.1, -0.05) is 74.2 Å². The SMILES string of the molecule is O=C(O)CNC(=O)CC(CNC(=O)OCC1c2ccccc2-c2ccccc21)C1CCCC1. The van der Waals surface area contributed by atoms with Crippen LogP contribution < -0.4 is 10.6 Å². The summed E-state index contributed by atoms with van der Waals surface area (Å²) in [6.45, 7) is 0.185. The van der Waals surface area contributed by atoms with Gasteiger partial charge in [-0.05, 0) is 34.1 Å². The van der Waals surface area contributed by atoms with Gasteiger partial charge in [0, 0.05) is 18.9 Å². The Kier molecular flexibility index (Phi) is 7.27. The van der Waals surface area contributed by atoms with Gasteiger partial charge < -0.3 is 20.5 Å². The second kappa shape index (κ2) is 10.5. The zero-order chi connectivity index (χ0) is 23.2. The van der Waals surface area contributed by atoms with E-state index in [-0.39, 0.29) is 30.8 Å². The Morgan fingerprint density at radius 2 is 1.55 bits per heavy atom. The molecular weight excluding hydrogens is 420 g/mol. The predicted molar refractivity (Wildman–Crippen MR) is 124 cm³/mol. The number of carboxylic acids is 1. The molecule has 0 aliphatic heterocycles. The smallest absolute Gasteiger partial charge is 0.407 e. The summed E-state index contributed by atoms with van der Waals surface area (Å²) in [6, 6.07) is 16.4. The molecule has 3 N–H and O–H groups in total. The van der Waals surface area contributed by atoms with Crippen LogP contribution in [0.25, 0.3) is 11.1 Å². The molecular formula is C26H30N2O5. The Morgan fingerprint density at radius 1 is 0.939 bits per heavy atom. The predicted octanol–water partition coefficient (Wildman–Crippen LogP) is 3.92. The molecule has 7 nitrogen and oxygen atoms in total. The number of carboxylic acid groups (broad SMARTS) is 1. The van der Waals surface area contributed by atoms with E-state index in [2.05, 4.69) is 34.9 Å². The number of hydrogen-bond acceptors (Lipinski definition) is 4. The van der Waals surface area contributed by atoms with Gasteiger partial charge in [0.05, 0.1) is 0 Å². The van der Waals surface area contributed by atoms with Crippen molar-refractivity contribution in [2.24, 2.45) is 11.8 Å². The van der Waals surface area contributed by atoms with Crippen molar-refractivity contribution in [1.82, 2.24) is 10.6 Å². The molecule has 2 amide bonds. The Balaban J connectivity index is 1.33. The van der Waals surface area contributed by atoms with E-state index in [9.17, 15) is 14.4 Å². The van der Waals surface area contributed by atoms with E-state index < -0.39 is 18.6 Å². The Labute approximate surface area is 193 Å². The van der Waals surface area contributed by atoms with Crippen molar-refractivity contribution < 1.29 is 24.2 Å². The van der Waals surface area contributed by atoms with Gasteiger partial charge >= 0.3 is 12.1 Å². The maximum atomic E-state index is 12.5. The van der Waals surface area contributed by atoms with Gasteiger partial charge in [0.2, 0.25) is 5.91 Å². The van der Waals surface area contributed by atoms with E-state index in [1.807, 2.05) is 24.3 Å². The second-order valence-corrected chi connectivity index (χ2v) is 8.89. The van der Waals surface area contributed by atoms with Crippen molar-refractivity contribution in [2.75, 3.05) is 19.7 Å². The number of ether oxygens (including phenoxy) is 1. The number of carbonyl (C=O) groups is 3. The number of aliphatic carboxylic acids is 1. The summed E-state index contributed by atoms with van der Waals surface area (Å²) in [5, 5.41) is 14.0. The van der Waals surface area contributed by atoms with Crippen LogP contribution in [0.3, 0.4) is 0 Å². The molecule has 2 aliphatic rings. The van der Waals surface area contributed by atoms with Crippen molar-refractivity contribution in [2.45, 2.75) is 38.0 Å². The van der Waals surface area contributed by atoms with Crippen LogP contribution in [0.2, 0.25) is 0 Å². The van der Waals surface area contributed by atoms with E-state index >= 15 is 0 Å². The quantitative estimate of drug-likeness (QED) is 0.537. The normalized spacial score (nSPS) is 16.0. The number of alkyl carbamates (subject to hydrolysis) is 1. The molecule has 1 fully saturated rings. The van der Waals surface area contributed by atoms with Gasteiger partial charge in [-0.15, -0.1) is 0 Å².